The normalized spacial score (nSPS) is 13.1. The summed E-state index contributed by atoms with van der Waals surface area (Å²) in [6, 6.07) is 6.29. The molecule has 0 fully saturated rings. The van der Waals surface area contributed by atoms with Gasteiger partial charge in [-0.3, -0.25) is 9.88 Å². The minimum atomic E-state index is 0.243. The molecule has 0 aliphatic heterocycles. The van der Waals surface area contributed by atoms with E-state index in [2.05, 4.69) is 51.8 Å². The molecular formula is C15H23N5. The van der Waals surface area contributed by atoms with Crippen LogP contribution < -0.4 is 0 Å². The van der Waals surface area contributed by atoms with Crippen LogP contribution in [0.25, 0.3) is 0 Å². The fourth-order valence-corrected chi connectivity index (χ4v) is 2.12. The van der Waals surface area contributed by atoms with Crippen LogP contribution in [0, 0.1) is 0 Å². The van der Waals surface area contributed by atoms with Crippen molar-refractivity contribution >= 4 is 0 Å². The molecule has 2 rings (SSSR count). The lowest BCUT2D eigenvalue weighted by molar-refractivity contribution is 0.174. The van der Waals surface area contributed by atoms with Crippen molar-refractivity contribution < 1.29 is 0 Å². The van der Waals surface area contributed by atoms with Crippen molar-refractivity contribution in [1.29, 1.82) is 0 Å². The molecule has 5 nitrogen and oxygen atoms in total. The van der Waals surface area contributed by atoms with Crippen molar-refractivity contribution in [3.63, 3.8) is 0 Å². The van der Waals surface area contributed by atoms with E-state index in [0.29, 0.717) is 0 Å². The fourth-order valence-electron chi connectivity index (χ4n) is 2.12. The Morgan fingerprint density at radius 1 is 1.15 bits per heavy atom. The number of nitrogens with zero attached hydrogens (tertiary/aromatic N) is 4. The maximum absolute atomic E-state index is 4.42. The highest BCUT2D eigenvalue weighted by molar-refractivity contribution is 5.04. The third-order valence-corrected chi connectivity index (χ3v) is 3.39. The van der Waals surface area contributed by atoms with Gasteiger partial charge in [-0.05, 0) is 33.2 Å². The van der Waals surface area contributed by atoms with E-state index in [9.17, 15) is 0 Å². The van der Waals surface area contributed by atoms with Crippen LogP contribution in [0.15, 0.2) is 36.8 Å². The summed E-state index contributed by atoms with van der Waals surface area (Å²) >= 11 is 0. The second-order valence-electron chi connectivity index (χ2n) is 5.25. The zero-order valence-electron chi connectivity index (χ0n) is 12.5. The van der Waals surface area contributed by atoms with E-state index in [1.165, 1.54) is 0 Å². The number of likely N-dealkylation sites (N-methyl/N-ethyl adjacent to an activating group) is 1. The van der Waals surface area contributed by atoms with E-state index in [0.717, 1.165) is 31.2 Å². The van der Waals surface area contributed by atoms with Crippen LogP contribution in [0.5, 0.6) is 0 Å². The molecule has 0 aliphatic rings. The molecule has 2 heterocycles. The van der Waals surface area contributed by atoms with Crippen molar-refractivity contribution in [1.82, 2.24) is 24.8 Å². The molecule has 0 radical (unpaired) electrons. The molecule has 1 unspecified atom stereocenters. The van der Waals surface area contributed by atoms with Crippen LogP contribution in [-0.4, -0.2) is 51.9 Å². The number of rotatable bonds is 7. The number of hydrogen-bond donors (Lipinski definition) is 1. The van der Waals surface area contributed by atoms with Crippen molar-refractivity contribution in [3.05, 3.63) is 48.3 Å². The molecular weight excluding hydrogens is 250 g/mol. The van der Waals surface area contributed by atoms with Crippen molar-refractivity contribution in [3.8, 4) is 0 Å². The van der Waals surface area contributed by atoms with Gasteiger partial charge in [0.2, 0.25) is 0 Å². The first-order valence-corrected chi connectivity index (χ1v) is 6.95. The van der Waals surface area contributed by atoms with Crippen LogP contribution in [0.1, 0.15) is 24.5 Å². The van der Waals surface area contributed by atoms with Gasteiger partial charge in [-0.25, -0.2) is 4.98 Å². The third-order valence-electron chi connectivity index (χ3n) is 3.39. The van der Waals surface area contributed by atoms with Gasteiger partial charge in [0, 0.05) is 38.2 Å². The van der Waals surface area contributed by atoms with Gasteiger partial charge < -0.3 is 9.88 Å². The van der Waals surface area contributed by atoms with E-state index >= 15 is 0 Å². The number of pyridine rings is 1. The molecule has 20 heavy (non-hydrogen) atoms. The molecule has 0 aromatic carbocycles. The van der Waals surface area contributed by atoms with Crippen molar-refractivity contribution in [2.24, 2.45) is 0 Å². The lowest BCUT2D eigenvalue weighted by Gasteiger charge is -2.28. The number of nitrogens with one attached hydrogen (secondary N) is 1. The summed E-state index contributed by atoms with van der Waals surface area (Å²) in [5.41, 5.74) is 1.09. The molecule has 2 aromatic heterocycles. The highest BCUT2D eigenvalue weighted by Gasteiger charge is 2.18. The van der Waals surface area contributed by atoms with Crippen molar-refractivity contribution in [2.75, 3.05) is 27.2 Å². The first-order chi connectivity index (χ1) is 9.66. The minimum Gasteiger partial charge on any atom is -0.347 e. The Kier molecular flexibility index (Phi) is 5.26. The molecule has 2 aromatic rings. The quantitative estimate of drug-likeness (QED) is 0.837. The van der Waals surface area contributed by atoms with Crippen LogP contribution in [0.2, 0.25) is 0 Å². The number of H-pyrrole nitrogens is 1. The van der Waals surface area contributed by atoms with E-state index in [1.807, 2.05) is 24.5 Å². The predicted molar refractivity (Wildman–Crippen MR) is 80.2 cm³/mol. The van der Waals surface area contributed by atoms with Gasteiger partial charge in [0.1, 0.15) is 5.82 Å². The highest BCUT2D eigenvalue weighted by Crippen LogP contribution is 2.18. The average molecular weight is 273 g/mol. The first-order valence-electron chi connectivity index (χ1n) is 6.95. The van der Waals surface area contributed by atoms with Gasteiger partial charge in [-0.1, -0.05) is 6.07 Å². The molecule has 0 saturated heterocycles. The summed E-state index contributed by atoms with van der Waals surface area (Å²) in [7, 11) is 4.19. The average Bonchev–Trinajstić information content (AvgIpc) is 2.97. The second-order valence-corrected chi connectivity index (χ2v) is 5.25. The smallest absolute Gasteiger partial charge is 0.123 e. The lowest BCUT2D eigenvalue weighted by atomic mass is 10.2. The Bertz CT molecular complexity index is 480. The molecule has 0 saturated carbocycles. The molecule has 0 amide bonds. The molecule has 1 N–H and O–H groups in total. The highest BCUT2D eigenvalue weighted by atomic mass is 15.2. The zero-order valence-corrected chi connectivity index (χ0v) is 12.5. The SMILES string of the molecule is CC(c1ncc[nH]1)N(CCN(C)C)Cc1ccccn1. The van der Waals surface area contributed by atoms with Crippen LogP contribution in [0.3, 0.4) is 0 Å². The predicted octanol–water partition coefficient (Wildman–Crippen LogP) is 1.93. The zero-order chi connectivity index (χ0) is 14.4. The summed E-state index contributed by atoms with van der Waals surface area (Å²) in [6.07, 6.45) is 5.52. The van der Waals surface area contributed by atoms with Crippen LogP contribution in [-0.2, 0) is 6.54 Å². The van der Waals surface area contributed by atoms with Gasteiger partial charge in [-0.15, -0.1) is 0 Å². The second kappa shape index (κ2) is 7.17. The molecule has 0 bridgehead atoms. The summed E-state index contributed by atoms with van der Waals surface area (Å²) in [5.74, 6) is 1.000. The number of imidazole rings is 1. The minimum absolute atomic E-state index is 0.243. The topological polar surface area (TPSA) is 48.1 Å². The van der Waals surface area contributed by atoms with Gasteiger partial charge in [-0.2, -0.15) is 0 Å². The molecule has 0 aliphatic carbocycles. The Hall–Kier alpha value is -1.72. The third kappa shape index (κ3) is 4.15. The summed E-state index contributed by atoms with van der Waals surface area (Å²) in [6.45, 7) is 5.00. The number of hydrogen-bond acceptors (Lipinski definition) is 4. The summed E-state index contributed by atoms with van der Waals surface area (Å²) < 4.78 is 0. The van der Waals surface area contributed by atoms with Gasteiger partial charge in [0.25, 0.3) is 0 Å². The largest absolute Gasteiger partial charge is 0.347 e. The Morgan fingerprint density at radius 2 is 2.00 bits per heavy atom. The lowest BCUT2D eigenvalue weighted by Crippen LogP contribution is -2.34. The van der Waals surface area contributed by atoms with E-state index in [1.54, 1.807) is 6.20 Å². The monoisotopic (exact) mass is 273 g/mol. The molecule has 5 heteroatoms. The summed E-state index contributed by atoms with van der Waals surface area (Å²) in [4.78, 5) is 16.6. The molecule has 0 spiro atoms. The standard InChI is InChI=1S/C15H23N5/c1-13(15-17-8-9-18-15)20(11-10-19(2)3)12-14-6-4-5-7-16-14/h4-9,13H,10-12H2,1-3H3,(H,17,18). The molecule has 1 atom stereocenters. The van der Waals surface area contributed by atoms with Gasteiger partial charge >= 0.3 is 0 Å². The maximum atomic E-state index is 4.42. The Labute approximate surface area is 120 Å². The first kappa shape index (κ1) is 14.7. The van der Waals surface area contributed by atoms with Crippen LogP contribution >= 0.6 is 0 Å². The Morgan fingerprint density at radius 3 is 2.60 bits per heavy atom. The van der Waals surface area contributed by atoms with Crippen molar-refractivity contribution in [2.45, 2.75) is 19.5 Å². The fraction of sp³-hybridized carbons (Fsp3) is 0.467. The van der Waals surface area contributed by atoms with E-state index in [4.69, 9.17) is 0 Å². The van der Waals surface area contributed by atoms with Crippen LogP contribution in [0.4, 0.5) is 0 Å². The number of aromatic nitrogens is 3. The summed E-state index contributed by atoms with van der Waals surface area (Å²) in [5, 5.41) is 0. The van der Waals surface area contributed by atoms with E-state index in [-0.39, 0.29) is 6.04 Å². The van der Waals surface area contributed by atoms with Gasteiger partial charge in [0.05, 0.1) is 11.7 Å². The number of aromatic amines is 1. The Balaban J connectivity index is 2.07. The van der Waals surface area contributed by atoms with Gasteiger partial charge in [0.15, 0.2) is 0 Å². The van der Waals surface area contributed by atoms with E-state index < -0.39 is 0 Å². The molecule has 108 valence electrons. The maximum Gasteiger partial charge on any atom is 0.123 e.